The van der Waals surface area contributed by atoms with Gasteiger partial charge in [-0.3, -0.25) is 4.79 Å². The molecule has 1 rings (SSSR count). The number of rotatable bonds is 6. The fourth-order valence-corrected chi connectivity index (χ4v) is 3.48. The summed E-state index contributed by atoms with van der Waals surface area (Å²) in [6.07, 6.45) is 0. The second-order valence-corrected chi connectivity index (χ2v) is 7.41. The van der Waals surface area contributed by atoms with E-state index in [0.29, 0.717) is 23.2 Å². The van der Waals surface area contributed by atoms with E-state index in [0.717, 1.165) is 4.31 Å². The van der Waals surface area contributed by atoms with Gasteiger partial charge in [0.1, 0.15) is 0 Å². The van der Waals surface area contributed by atoms with Crippen LogP contribution < -0.4 is 5.73 Å². The summed E-state index contributed by atoms with van der Waals surface area (Å²) >= 11 is 3.20. The van der Waals surface area contributed by atoms with Crippen LogP contribution in [0.3, 0.4) is 0 Å². The summed E-state index contributed by atoms with van der Waals surface area (Å²) in [4.78, 5) is 13.7. The third-order valence-corrected chi connectivity index (χ3v) is 5.64. The average Bonchev–Trinajstić information content (AvgIpc) is 2.42. The number of hydrogen-bond donors (Lipinski definition) is 1. The Morgan fingerprint density at radius 1 is 1.29 bits per heavy atom. The minimum absolute atomic E-state index is 0.0958. The maximum atomic E-state index is 12.4. The molecule has 0 aliphatic heterocycles. The van der Waals surface area contributed by atoms with Gasteiger partial charge in [0.15, 0.2) is 0 Å². The molecule has 118 valence electrons. The van der Waals surface area contributed by atoms with E-state index >= 15 is 0 Å². The largest absolute Gasteiger partial charge is 0.398 e. The molecule has 0 atom stereocenters. The smallest absolute Gasteiger partial charge is 0.243 e. The first-order valence-corrected chi connectivity index (χ1v) is 8.76. The van der Waals surface area contributed by atoms with Gasteiger partial charge in [0, 0.05) is 30.3 Å². The van der Waals surface area contributed by atoms with Gasteiger partial charge in [-0.05, 0) is 48.0 Å². The van der Waals surface area contributed by atoms with Gasteiger partial charge < -0.3 is 10.6 Å². The van der Waals surface area contributed by atoms with E-state index in [1.807, 2.05) is 13.8 Å². The van der Waals surface area contributed by atoms with Gasteiger partial charge in [-0.1, -0.05) is 0 Å². The van der Waals surface area contributed by atoms with Crippen molar-refractivity contribution in [2.24, 2.45) is 0 Å². The second kappa shape index (κ2) is 7.24. The highest BCUT2D eigenvalue weighted by Crippen LogP contribution is 2.24. The average molecular weight is 378 g/mol. The molecule has 1 amide bonds. The number of carbonyl (C=O) groups is 1. The van der Waals surface area contributed by atoms with E-state index in [-0.39, 0.29) is 17.3 Å². The Morgan fingerprint density at radius 3 is 2.33 bits per heavy atom. The first-order valence-electron chi connectivity index (χ1n) is 6.53. The van der Waals surface area contributed by atoms with Crippen molar-refractivity contribution in [3.8, 4) is 0 Å². The lowest BCUT2D eigenvalue weighted by Gasteiger charge is -2.23. The van der Waals surface area contributed by atoms with Gasteiger partial charge in [0.2, 0.25) is 15.9 Å². The zero-order chi connectivity index (χ0) is 16.2. The van der Waals surface area contributed by atoms with E-state index < -0.39 is 10.0 Å². The molecule has 0 aromatic heterocycles. The van der Waals surface area contributed by atoms with Crippen LogP contribution >= 0.6 is 15.9 Å². The van der Waals surface area contributed by atoms with Crippen LogP contribution in [0.1, 0.15) is 13.8 Å². The Labute approximate surface area is 134 Å². The lowest BCUT2D eigenvalue weighted by atomic mass is 10.3. The third kappa shape index (κ3) is 4.18. The molecule has 0 saturated heterocycles. The van der Waals surface area contributed by atoms with E-state index in [1.54, 1.807) is 4.90 Å². The summed E-state index contributed by atoms with van der Waals surface area (Å²) in [6.45, 7) is 4.62. The van der Waals surface area contributed by atoms with Crippen molar-refractivity contribution < 1.29 is 13.2 Å². The summed E-state index contributed by atoms with van der Waals surface area (Å²) in [5.74, 6) is -0.222. The molecule has 0 heterocycles. The molecular formula is C13H20BrN3O3S. The Bertz CT molecular complexity index is 615. The van der Waals surface area contributed by atoms with Crippen LogP contribution in [0.2, 0.25) is 0 Å². The highest BCUT2D eigenvalue weighted by atomic mass is 79.9. The maximum absolute atomic E-state index is 12.4. The van der Waals surface area contributed by atoms with Crippen LogP contribution in [-0.4, -0.2) is 50.2 Å². The molecule has 0 fully saturated rings. The molecule has 21 heavy (non-hydrogen) atoms. The molecule has 0 spiro atoms. The normalized spacial score (nSPS) is 11.7. The lowest BCUT2D eigenvalue weighted by Crippen LogP contribution is -2.40. The molecule has 0 radical (unpaired) electrons. The number of hydrogen-bond acceptors (Lipinski definition) is 4. The number of halogens is 1. The highest BCUT2D eigenvalue weighted by Gasteiger charge is 2.24. The number of nitrogens with zero attached hydrogens (tertiary/aromatic N) is 2. The molecule has 0 unspecified atom stereocenters. The van der Waals surface area contributed by atoms with Crippen molar-refractivity contribution >= 4 is 37.5 Å². The lowest BCUT2D eigenvalue weighted by molar-refractivity contribution is -0.130. The molecule has 2 N–H and O–H groups in total. The summed E-state index contributed by atoms with van der Waals surface area (Å²) < 4.78 is 26.4. The molecule has 8 heteroatoms. The number of likely N-dealkylation sites (N-methyl/N-ethyl adjacent to an activating group) is 2. The monoisotopic (exact) mass is 377 g/mol. The van der Waals surface area contributed by atoms with Crippen LogP contribution in [0.25, 0.3) is 0 Å². The molecule has 0 aliphatic carbocycles. The Kier molecular flexibility index (Phi) is 6.18. The molecule has 0 saturated carbocycles. The molecule has 6 nitrogen and oxygen atoms in total. The molecular weight excluding hydrogens is 358 g/mol. The predicted molar refractivity (Wildman–Crippen MR) is 86.3 cm³/mol. The van der Waals surface area contributed by atoms with Crippen molar-refractivity contribution in [2.45, 2.75) is 18.7 Å². The van der Waals surface area contributed by atoms with Crippen molar-refractivity contribution in [1.29, 1.82) is 0 Å². The minimum Gasteiger partial charge on any atom is -0.398 e. The number of nitrogen functional groups attached to an aromatic ring is 1. The van der Waals surface area contributed by atoms with Gasteiger partial charge >= 0.3 is 0 Å². The number of sulfonamides is 1. The SMILES string of the molecule is CCN(CC)C(=O)CN(C)S(=O)(=O)c1ccc(N)c(Br)c1. The number of anilines is 1. The van der Waals surface area contributed by atoms with E-state index in [2.05, 4.69) is 15.9 Å². The molecule has 1 aromatic rings. The zero-order valence-corrected chi connectivity index (χ0v) is 14.7. The highest BCUT2D eigenvalue weighted by molar-refractivity contribution is 9.10. The van der Waals surface area contributed by atoms with E-state index in [1.165, 1.54) is 25.2 Å². The van der Waals surface area contributed by atoms with E-state index in [9.17, 15) is 13.2 Å². The van der Waals surface area contributed by atoms with Crippen LogP contribution in [0.15, 0.2) is 27.6 Å². The maximum Gasteiger partial charge on any atom is 0.243 e. The van der Waals surface area contributed by atoms with Crippen molar-refractivity contribution in [2.75, 3.05) is 32.4 Å². The summed E-state index contributed by atoms with van der Waals surface area (Å²) in [6, 6.07) is 4.37. The molecule has 1 aromatic carbocycles. The van der Waals surface area contributed by atoms with Crippen LogP contribution in [0.5, 0.6) is 0 Å². The first-order chi connectivity index (χ1) is 9.73. The zero-order valence-electron chi connectivity index (χ0n) is 12.3. The van der Waals surface area contributed by atoms with Crippen molar-refractivity contribution in [1.82, 2.24) is 9.21 Å². The van der Waals surface area contributed by atoms with Gasteiger partial charge in [0.05, 0.1) is 11.4 Å². The summed E-state index contributed by atoms with van der Waals surface area (Å²) in [5, 5.41) is 0. The van der Waals surface area contributed by atoms with Gasteiger partial charge in [0.25, 0.3) is 0 Å². The van der Waals surface area contributed by atoms with E-state index in [4.69, 9.17) is 5.73 Å². The number of nitrogens with two attached hydrogens (primary N) is 1. The van der Waals surface area contributed by atoms with Gasteiger partial charge in [-0.15, -0.1) is 0 Å². The number of benzene rings is 1. The topological polar surface area (TPSA) is 83.7 Å². The summed E-state index contributed by atoms with van der Waals surface area (Å²) in [5.41, 5.74) is 6.10. The minimum atomic E-state index is -3.72. The van der Waals surface area contributed by atoms with Gasteiger partial charge in [-0.2, -0.15) is 4.31 Å². The van der Waals surface area contributed by atoms with Crippen molar-refractivity contribution in [3.63, 3.8) is 0 Å². The van der Waals surface area contributed by atoms with Crippen LogP contribution in [0, 0.1) is 0 Å². The third-order valence-electron chi connectivity index (χ3n) is 3.15. The van der Waals surface area contributed by atoms with Crippen LogP contribution in [-0.2, 0) is 14.8 Å². The standard InChI is InChI=1S/C13H20BrN3O3S/c1-4-17(5-2)13(18)9-16(3)21(19,20)10-6-7-12(15)11(14)8-10/h6-8H,4-5,9,15H2,1-3H3. The quantitative estimate of drug-likeness (QED) is 0.761. The van der Waals surface area contributed by atoms with Crippen molar-refractivity contribution in [3.05, 3.63) is 22.7 Å². The molecule has 0 aliphatic rings. The van der Waals surface area contributed by atoms with Gasteiger partial charge in [-0.25, -0.2) is 8.42 Å². The second-order valence-electron chi connectivity index (χ2n) is 4.51. The Balaban J connectivity index is 2.96. The fraction of sp³-hybridized carbons (Fsp3) is 0.462. The Morgan fingerprint density at radius 2 is 1.86 bits per heavy atom. The fourth-order valence-electron chi connectivity index (χ4n) is 1.80. The first kappa shape index (κ1) is 17.9. The summed E-state index contributed by atoms with van der Waals surface area (Å²) in [7, 11) is -2.33. The number of amides is 1. The predicted octanol–water partition coefficient (Wildman–Crippen LogP) is 1.52. The Hall–Kier alpha value is -1.12. The number of carbonyl (C=O) groups excluding carboxylic acids is 1. The van der Waals surface area contributed by atoms with Crippen LogP contribution in [0.4, 0.5) is 5.69 Å². The molecule has 0 bridgehead atoms.